The van der Waals surface area contributed by atoms with Crippen LogP contribution >= 0.6 is 0 Å². The maximum atomic E-state index is 6.61. The van der Waals surface area contributed by atoms with Crippen molar-refractivity contribution in [3.63, 3.8) is 0 Å². The summed E-state index contributed by atoms with van der Waals surface area (Å²) in [5, 5.41) is 6.96. The smallest absolute Gasteiger partial charge is 0.262 e. The summed E-state index contributed by atoms with van der Waals surface area (Å²) in [6.07, 6.45) is 13.0. The van der Waals surface area contributed by atoms with Crippen molar-refractivity contribution in [2.45, 2.75) is 11.5 Å². The average molecular weight is 770 g/mol. The van der Waals surface area contributed by atoms with E-state index in [9.17, 15) is 0 Å². The monoisotopic (exact) mass is 769 g/mol. The van der Waals surface area contributed by atoms with Crippen LogP contribution in [0.4, 0.5) is 0 Å². The van der Waals surface area contributed by atoms with Crippen molar-refractivity contribution in [1.82, 2.24) is 14.5 Å². The van der Waals surface area contributed by atoms with Crippen LogP contribution in [0.2, 0.25) is 5.54 Å². The fourth-order valence-corrected chi connectivity index (χ4v) is 17.9. The highest BCUT2D eigenvalue weighted by atomic mass is 28.3. The number of aromatic nitrogens is 3. The lowest BCUT2D eigenvalue weighted by molar-refractivity contribution is 0.450. The molecule has 0 amide bonds. The Morgan fingerprint density at radius 3 is 2.22 bits per heavy atom. The van der Waals surface area contributed by atoms with E-state index in [0.717, 1.165) is 50.2 Å². The van der Waals surface area contributed by atoms with E-state index in [0.29, 0.717) is 11.4 Å². The van der Waals surface area contributed by atoms with Crippen LogP contribution < -0.4 is 41.4 Å². The molecule has 0 radical (unpaired) electrons. The van der Waals surface area contributed by atoms with Crippen LogP contribution in [0.15, 0.2) is 182 Å². The Hall–Kier alpha value is -7.22. The van der Waals surface area contributed by atoms with Gasteiger partial charge in [0, 0.05) is 46.4 Å². The Morgan fingerprint density at radius 1 is 0.593 bits per heavy atom. The fraction of sp³-hybridized carbons (Fsp3) is 0.0385. The van der Waals surface area contributed by atoms with E-state index in [4.69, 9.17) is 9.47 Å². The molecule has 6 aromatic carbocycles. The zero-order valence-corrected chi connectivity index (χ0v) is 32.7. The minimum Gasteiger partial charge on any atom is -0.458 e. The van der Waals surface area contributed by atoms with Crippen LogP contribution in [0.25, 0.3) is 49.8 Å². The minimum absolute atomic E-state index is 0.0202. The number of benzene rings is 6. The van der Waals surface area contributed by atoms with Crippen molar-refractivity contribution in [3.8, 4) is 45.4 Å². The molecule has 2 atom stereocenters. The first-order chi connectivity index (χ1) is 29.3. The molecular weight excluding hydrogens is 737 g/mol. The summed E-state index contributed by atoms with van der Waals surface area (Å²) in [4.78, 5) is 9.34. The zero-order valence-electron chi connectivity index (χ0n) is 31.7. The standard InChI is InChI=1S/C52H32BN3O2Si/c1-6-16-46-34(10-1)35-11-2-7-17-47(35)59(46)48-18-8-3-12-36(48)50-41(14-9-19-49(50)59)56-40-24-26-54-30-37(40)33-22-20-31(28-42(33)56)32-21-23-39-45(29-32)58-52-51-44(25-27-55-52)57-43-15-5-4-13-38(43)53(39)51/h1-30,49-50H. The van der Waals surface area contributed by atoms with Crippen molar-refractivity contribution in [2.24, 2.45) is 0 Å². The summed E-state index contributed by atoms with van der Waals surface area (Å²) in [5.41, 5.74) is 13.7. The number of para-hydroxylation sites is 1. The molecule has 9 aromatic rings. The first-order valence-corrected chi connectivity index (χ1v) is 22.5. The molecule has 7 heteroatoms. The Morgan fingerprint density at radius 2 is 1.34 bits per heavy atom. The van der Waals surface area contributed by atoms with Gasteiger partial charge in [-0.15, -0.1) is 0 Å². The van der Waals surface area contributed by atoms with E-state index < -0.39 is 8.07 Å². The van der Waals surface area contributed by atoms with Crippen LogP contribution in [0.3, 0.4) is 0 Å². The Labute approximate surface area is 341 Å². The SMILES string of the molecule is C1=CC2C(C(n3c4ccncc4c4ccc(-c5ccc6c(c5)Oc5nccc7c5B6c5ccccc5O7)cc43)=C1)c1ccccc1[Si]21c2ccccc2-c2ccccc21. The molecule has 2 unspecified atom stereocenters. The van der Waals surface area contributed by atoms with E-state index in [-0.39, 0.29) is 12.6 Å². The molecule has 4 aliphatic heterocycles. The second kappa shape index (κ2) is 11.5. The summed E-state index contributed by atoms with van der Waals surface area (Å²) in [7, 11) is -2.50. The Bertz CT molecular complexity index is 3360. The summed E-state index contributed by atoms with van der Waals surface area (Å²) < 4.78 is 15.5. The van der Waals surface area contributed by atoms with Gasteiger partial charge in [-0.25, -0.2) is 4.98 Å². The van der Waals surface area contributed by atoms with Gasteiger partial charge in [0.25, 0.3) is 6.71 Å². The lowest BCUT2D eigenvalue weighted by Crippen LogP contribution is -2.65. The van der Waals surface area contributed by atoms with E-state index in [2.05, 4.69) is 160 Å². The second-order valence-corrected chi connectivity index (χ2v) is 20.3. The molecule has 5 nitrogen and oxygen atoms in total. The third kappa shape index (κ3) is 4.00. The van der Waals surface area contributed by atoms with Gasteiger partial charge in [-0.05, 0) is 96.3 Å². The Balaban J connectivity index is 0.950. The number of hydrogen-bond donors (Lipinski definition) is 0. The van der Waals surface area contributed by atoms with Crippen molar-refractivity contribution in [1.29, 1.82) is 0 Å². The average Bonchev–Trinajstić information content (AvgIpc) is 3.90. The molecule has 3 aromatic heterocycles. The predicted octanol–water partition coefficient (Wildman–Crippen LogP) is 8.01. The number of fused-ring (bicyclic) bond motifs is 17. The second-order valence-electron chi connectivity index (χ2n) is 16.4. The van der Waals surface area contributed by atoms with Gasteiger partial charge in [-0.1, -0.05) is 127 Å². The van der Waals surface area contributed by atoms with Crippen molar-refractivity contribution in [2.75, 3.05) is 0 Å². The van der Waals surface area contributed by atoms with E-state index in [1.54, 1.807) is 6.20 Å². The number of hydrogen-bond acceptors (Lipinski definition) is 4. The van der Waals surface area contributed by atoms with Gasteiger partial charge in [-0.2, -0.15) is 0 Å². The lowest BCUT2D eigenvalue weighted by atomic mass is 9.35. The first-order valence-electron chi connectivity index (χ1n) is 20.4. The third-order valence-corrected chi connectivity index (χ3v) is 19.2. The molecule has 0 N–H and O–H groups in total. The van der Waals surface area contributed by atoms with Gasteiger partial charge in [0.05, 0.1) is 11.0 Å². The van der Waals surface area contributed by atoms with Crippen LogP contribution in [-0.4, -0.2) is 29.3 Å². The number of ether oxygens (including phenoxy) is 2. The fourth-order valence-electron chi connectivity index (χ4n) is 11.6. The summed E-state index contributed by atoms with van der Waals surface area (Å²) in [6.45, 7) is -0.0202. The number of allylic oxidation sites excluding steroid dienone is 4. The predicted molar refractivity (Wildman–Crippen MR) is 241 cm³/mol. The molecule has 274 valence electrons. The maximum Gasteiger partial charge on any atom is 0.262 e. The molecule has 0 bridgehead atoms. The van der Waals surface area contributed by atoms with Crippen LogP contribution in [0.1, 0.15) is 11.5 Å². The highest BCUT2D eigenvalue weighted by Crippen LogP contribution is 2.55. The van der Waals surface area contributed by atoms with Crippen molar-refractivity contribution in [3.05, 3.63) is 188 Å². The van der Waals surface area contributed by atoms with E-state index in [1.165, 1.54) is 54.4 Å². The van der Waals surface area contributed by atoms with E-state index in [1.807, 2.05) is 30.6 Å². The maximum absolute atomic E-state index is 6.61. The Kier molecular flexibility index (Phi) is 6.18. The molecule has 1 spiro atoms. The third-order valence-electron chi connectivity index (χ3n) is 13.8. The summed E-state index contributed by atoms with van der Waals surface area (Å²) in [6, 6.07) is 53.8. The van der Waals surface area contributed by atoms with Crippen molar-refractivity contribution < 1.29 is 9.47 Å². The summed E-state index contributed by atoms with van der Waals surface area (Å²) >= 11 is 0. The molecule has 7 heterocycles. The quantitative estimate of drug-likeness (QED) is 0.167. The number of rotatable bonds is 2. The topological polar surface area (TPSA) is 49.2 Å². The van der Waals surface area contributed by atoms with Crippen LogP contribution in [0.5, 0.6) is 23.1 Å². The molecule has 59 heavy (non-hydrogen) atoms. The molecule has 14 rings (SSSR count). The molecule has 1 aliphatic carbocycles. The summed E-state index contributed by atoms with van der Waals surface area (Å²) in [5.74, 6) is 3.28. The van der Waals surface area contributed by atoms with Crippen molar-refractivity contribution >= 4 is 74.2 Å². The normalized spacial score (nSPS) is 17.9. The minimum atomic E-state index is -2.50. The highest BCUT2D eigenvalue weighted by Gasteiger charge is 2.60. The van der Waals surface area contributed by atoms with Gasteiger partial charge in [0.2, 0.25) is 5.88 Å². The largest absolute Gasteiger partial charge is 0.458 e. The number of pyridine rings is 2. The zero-order chi connectivity index (χ0) is 38.4. The lowest BCUT2D eigenvalue weighted by Gasteiger charge is -2.35. The van der Waals surface area contributed by atoms with Gasteiger partial charge >= 0.3 is 0 Å². The van der Waals surface area contributed by atoms with Gasteiger partial charge in [0.1, 0.15) is 17.2 Å². The van der Waals surface area contributed by atoms with Gasteiger partial charge in [0.15, 0.2) is 8.07 Å². The molecule has 0 fully saturated rings. The number of nitrogens with zero attached hydrogens (tertiary/aromatic N) is 3. The first kappa shape index (κ1) is 31.8. The van der Waals surface area contributed by atoms with Gasteiger partial charge < -0.3 is 14.0 Å². The van der Waals surface area contributed by atoms with Crippen LogP contribution in [0, 0.1) is 0 Å². The van der Waals surface area contributed by atoms with Crippen LogP contribution in [-0.2, 0) is 0 Å². The molecule has 0 saturated carbocycles. The highest BCUT2D eigenvalue weighted by molar-refractivity contribution is 7.16. The molecular formula is C52H32BN3O2Si. The van der Waals surface area contributed by atoms with Gasteiger partial charge in [-0.3, -0.25) is 4.98 Å². The molecule has 0 saturated heterocycles. The molecule has 5 aliphatic rings. The van der Waals surface area contributed by atoms with E-state index >= 15 is 0 Å².